The van der Waals surface area contributed by atoms with Crippen LogP contribution in [0, 0.1) is 0 Å². The molecule has 0 atom stereocenters. The molecule has 0 saturated carbocycles. The van der Waals surface area contributed by atoms with E-state index in [0.717, 1.165) is 19.3 Å². The van der Waals surface area contributed by atoms with Crippen molar-refractivity contribution in [3.05, 3.63) is 23.8 Å². The number of hydrogen-bond donors (Lipinski definition) is 2. The molecule has 1 amide bonds. The van der Waals surface area contributed by atoms with Crippen LogP contribution >= 0.6 is 0 Å². The molecule has 0 aliphatic rings. The highest BCUT2D eigenvalue weighted by atomic mass is 16.5. The van der Waals surface area contributed by atoms with E-state index in [1.54, 1.807) is 12.1 Å². The van der Waals surface area contributed by atoms with Crippen molar-refractivity contribution < 1.29 is 9.53 Å². The number of anilines is 1. The van der Waals surface area contributed by atoms with E-state index in [2.05, 4.69) is 6.92 Å². The second-order valence-electron chi connectivity index (χ2n) is 3.68. The quantitative estimate of drug-likeness (QED) is 0.570. The van der Waals surface area contributed by atoms with Crippen molar-refractivity contribution in [1.82, 2.24) is 0 Å². The van der Waals surface area contributed by atoms with Crippen LogP contribution in [0.5, 0.6) is 5.75 Å². The minimum Gasteiger partial charge on any atom is -0.493 e. The molecule has 0 fully saturated rings. The Morgan fingerprint density at radius 1 is 1.38 bits per heavy atom. The van der Waals surface area contributed by atoms with Gasteiger partial charge >= 0.3 is 0 Å². The molecule has 4 nitrogen and oxygen atoms in total. The first-order valence-corrected chi connectivity index (χ1v) is 5.47. The standard InChI is InChI=1S/C12H18N2O2/c1-2-3-4-7-16-11-6-5-9(13)8-10(11)12(14)15/h5-6,8H,2-4,7,13H2,1H3,(H2,14,15). The van der Waals surface area contributed by atoms with E-state index >= 15 is 0 Å². The fraction of sp³-hybridized carbons (Fsp3) is 0.417. The highest BCUT2D eigenvalue weighted by Gasteiger charge is 2.09. The number of amides is 1. The van der Waals surface area contributed by atoms with Gasteiger partial charge in [-0.25, -0.2) is 0 Å². The van der Waals surface area contributed by atoms with Gasteiger partial charge < -0.3 is 16.2 Å². The van der Waals surface area contributed by atoms with Gasteiger partial charge in [0.2, 0.25) is 0 Å². The average molecular weight is 222 g/mol. The Hall–Kier alpha value is -1.71. The molecule has 1 aromatic rings. The molecule has 0 bridgehead atoms. The van der Waals surface area contributed by atoms with Gasteiger partial charge in [0.05, 0.1) is 12.2 Å². The van der Waals surface area contributed by atoms with Gasteiger partial charge in [-0.3, -0.25) is 4.79 Å². The van der Waals surface area contributed by atoms with E-state index in [4.69, 9.17) is 16.2 Å². The van der Waals surface area contributed by atoms with E-state index in [1.165, 1.54) is 6.07 Å². The predicted molar refractivity (Wildman–Crippen MR) is 64.4 cm³/mol. The molecule has 0 saturated heterocycles. The Bertz CT molecular complexity index is 364. The van der Waals surface area contributed by atoms with Gasteiger partial charge in [-0.2, -0.15) is 0 Å². The molecule has 0 aliphatic heterocycles. The molecule has 88 valence electrons. The number of carbonyl (C=O) groups excluding carboxylic acids is 1. The summed E-state index contributed by atoms with van der Waals surface area (Å²) in [7, 11) is 0. The van der Waals surface area contributed by atoms with Crippen LogP contribution in [0.3, 0.4) is 0 Å². The van der Waals surface area contributed by atoms with Crippen LogP contribution in [0.2, 0.25) is 0 Å². The summed E-state index contributed by atoms with van der Waals surface area (Å²) < 4.78 is 5.50. The third-order valence-electron chi connectivity index (χ3n) is 2.27. The first-order chi connectivity index (χ1) is 7.65. The number of primary amides is 1. The van der Waals surface area contributed by atoms with Gasteiger partial charge in [0.1, 0.15) is 5.75 Å². The molecular formula is C12H18N2O2. The largest absolute Gasteiger partial charge is 0.493 e. The number of nitrogen functional groups attached to an aromatic ring is 1. The van der Waals surface area contributed by atoms with Crippen molar-refractivity contribution >= 4 is 11.6 Å². The van der Waals surface area contributed by atoms with E-state index in [1.807, 2.05) is 0 Å². The summed E-state index contributed by atoms with van der Waals surface area (Å²) in [6.07, 6.45) is 3.22. The Morgan fingerprint density at radius 3 is 2.75 bits per heavy atom. The van der Waals surface area contributed by atoms with Gasteiger partial charge in [-0.15, -0.1) is 0 Å². The summed E-state index contributed by atoms with van der Waals surface area (Å²) in [5.74, 6) is -0.00408. The predicted octanol–water partition coefficient (Wildman–Crippen LogP) is 1.94. The molecule has 16 heavy (non-hydrogen) atoms. The van der Waals surface area contributed by atoms with Crippen LogP contribution in [-0.2, 0) is 0 Å². The first-order valence-electron chi connectivity index (χ1n) is 5.47. The van der Waals surface area contributed by atoms with Crippen molar-refractivity contribution in [2.24, 2.45) is 5.73 Å². The smallest absolute Gasteiger partial charge is 0.252 e. The van der Waals surface area contributed by atoms with Crippen molar-refractivity contribution in [1.29, 1.82) is 0 Å². The Morgan fingerprint density at radius 2 is 2.12 bits per heavy atom. The molecule has 4 N–H and O–H groups in total. The Balaban J connectivity index is 2.67. The minimum absolute atomic E-state index is 0.344. The second-order valence-corrected chi connectivity index (χ2v) is 3.68. The zero-order valence-corrected chi connectivity index (χ0v) is 9.53. The third-order valence-corrected chi connectivity index (χ3v) is 2.27. The first kappa shape index (κ1) is 12.4. The zero-order chi connectivity index (χ0) is 12.0. The lowest BCUT2D eigenvalue weighted by Gasteiger charge is -2.09. The molecule has 0 aromatic heterocycles. The number of hydrogen-bond acceptors (Lipinski definition) is 3. The summed E-state index contributed by atoms with van der Waals surface area (Å²) in [4.78, 5) is 11.1. The van der Waals surface area contributed by atoms with Crippen LogP contribution in [0.1, 0.15) is 36.5 Å². The molecule has 4 heteroatoms. The summed E-state index contributed by atoms with van der Waals surface area (Å²) in [6.45, 7) is 2.72. The average Bonchev–Trinajstić information content (AvgIpc) is 2.26. The maximum atomic E-state index is 11.1. The van der Waals surface area contributed by atoms with E-state index in [0.29, 0.717) is 23.6 Å². The van der Waals surface area contributed by atoms with Crippen molar-refractivity contribution in [2.45, 2.75) is 26.2 Å². The van der Waals surface area contributed by atoms with Gasteiger partial charge in [-0.1, -0.05) is 19.8 Å². The SMILES string of the molecule is CCCCCOc1ccc(N)cc1C(N)=O. The Labute approximate surface area is 95.6 Å². The highest BCUT2D eigenvalue weighted by Crippen LogP contribution is 2.21. The molecular weight excluding hydrogens is 204 g/mol. The van der Waals surface area contributed by atoms with Crippen LogP contribution in [-0.4, -0.2) is 12.5 Å². The third kappa shape index (κ3) is 3.46. The van der Waals surface area contributed by atoms with E-state index < -0.39 is 5.91 Å². The lowest BCUT2D eigenvalue weighted by molar-refractivity contribution is 0.0996. The van der Waals surface area contributed by atoms with Gasteiger partial charge in [0.25, 0.3) is 5.91 Å². The van der Waals surface area contributed by atoms with Crippen LogP contribution in [0.4, 0.5) is 5.69 Å². The van der Waals surface area contributed by atoms with Crippen LogP contribution in [0.25, 0.3) is 0 Å². The van der Waals surface area contributed by atoms with Crippen molar-refractivity contribution in [3.8, 4) is 5.75 Å². The monoisotopic (exact) mass is 222 g/mol. The summed E-state index contributed by atoms with van der Waals surface area (Å²) in [5, 5.41) is 0. The molecule has 0 unspecified atom stereocenters. The number of benzene rings is 1. The minimum atomic E-state index is -0.516. The molecule has 1 aromatic carbocycles. The zero-order valence-electron chi connectivity index (χ0n) is 9.53. The maximum Gasteiger partial charge on any atom is 0.252 e. The topological polar surface area (TPSA) is 78.3 Å². The van der Waals surface area contributed by atoms with Crippen molar-refractivity contribution in [2.75, 3.05) is 12.3 Å². The van der Waals surface area contributed by atoms with Gasteiger partial charge in [-0.05, 0) is 24.6 Å². The molecule has 0 heterocycles. The lowest BCUT2D eigenvalue weighted by Crippen LogP contribution is -2.13. The number of nitrogens with two attached hydrogens (primary N) is 2. The lowest BCUT2D eigenvalue weighted by atomic mass is 10.1. The van der Waals surface area contributed by atoms with Crippen LogP contribution in [0.15, 0.2) is 18.2 Å². The van der Waals surface area contributed by atoms with Crippen molar-refractivity contribution in [3.63, 3.8) is 0 Å². The maximum absolute atomic E-state index is 11.1. The number of ether oxygens (including phenoxy) is 1. The van der Waals surface area contributed by atoms with Gasteiger partial charge in [0, 0.05) is 5.69 Å². The number of unbranched alkanes of at least 4 members (excludes halogenated alkanes) is 2. The highest BCUT2D eigenvalue weighted by molar-refractivity contribution is 5.96. The van der Waals surface area contributed by atoms with E-state index in [9.17, 15) is 4.79 Å². The van der Waals surface area contributed by atoms with Crippen LogP contribution < -0.4 is 16.2 Å². The van der Waals surface area contributed by atoms with Gasteiger partial charge in [0.15, 0.2) is 0 Å². The molecule has 0 radical (unpaired) electrons. The summed E-state index contributed by atoms with van der Waals surface area (Å²) >= 11 is 0. The summed E-state index contributed by atoms with van der Waals surface area (Å²) in [5.41, 5.74) is 11.7. The number of carbonyl (C=O) groups is 1. The fourth-order valence-corrected chi connectivity index (χ4v) is 1.40. The normalized spacial score (nSPS) is 10.1. The molecule has 0 spiro atoms. The Kier molecular flexibility index (Phi) is 4.64. The number of rotatable bonds is 6. The summed E-state index contributed by atoms with van der Waals surface area (Å²) in [6, 6.07) is 4.92. The fourth-order valence-electron chi connectivity index (χ4n) is 1.40. The van der Waals surface area contributed by atoms with E-state index in [-0.39, 0.29) is 0 Å². The molecule has 0 aliphatic carbocycles. The second kappa shape index (κ2) is 6.00. The molecule has 1 rings (SSSR count).